The Morgan fingerprint density at radius 1 is 1.19 bits per heavy atom. The molecule has 8 nitrogen and oxygen atoms in total. The molecule has 0 saturated carbocycles. The van der Waals surface area contributed by atoms with Crippen LogP contribution in [-0.2, 0) is 0 Å². The van der Waals surface area contributed by atoms with Crippen molar-refractivity contribution in [1.29, 1.82) is 0 Å². The third kappa shape index (κ3) is 3.24. The summed E-state index contributed by atoms with van der Waals surface area (Å²) in [4.78, 5) is 15.1. The molecular weight excluding hydrogens is 336 g/mol. The summed E-state index contributed by atoms with van der Waals surface area (Å²) in [6, 6.07) is 7.46. The van der Waals surface area contributed by atoms with E-state index in [4.69, 9.17) is 13.9 Å². The average Bonchev–Trinajstić information content (AvgIpc) is 3.13. The molecule has 138 valence electrons. The van der Waals surface area contributed by atoms with Gasteiger partial charge in [-0.05, 0) is 63.0 Å². The van der Waals surface area contributed by atoms with E-state index < -0.39 is 0 Å². The van der Waals surface area contributed by atoms with Crippen molar-refractivity contribution in [3.63, 3.8) is 0 Å². The number of aromatic nitrogens is 2. The Balaban J connectivity index is 1.39. The van der Waals surface area contributed by atoms with E-state index in [2.05, 4.69) is 27.3 Å². The van der Waals surface area contributed by atoms with Crippen molar-refractivity contribution in [3.05, 3.63) is 29.8 Å². The number of benzene rings is 1. The number of ether oxygens (including phenoxy) is 2. The van der Waals surface area contributed by atoms with Crippen molar-refractivity contribution >= 4 is 5.91 Å². The number of amides is 1. The lowest BCUT2D eigenvalue weighted by atomic mass is 9.79. The number of carbonyl (C=O) groups excluding carboxylic acids is 1. The number of fused-ring (bicyclic) bond motifs is 3. The van der Waals surface area contributed by atoms with Gasteiger partial charge < -0.3 is 19.2 Å². The molecule has 0 radical (unpaired) electrons. The number of nitrogens with one attached hydrogen (secondary N) is 1. The molecule has 1 aromatic heterocycles. The fourth-order valence-corrected chi connectivity index (χ4v) is 3.88. The number of piperidine rings is 3. The van der Waals surface area contributed by atoms with Crippen LogP contribution in [0, 0.1) is 5.92 Å². The van der Waals surface area contributed by atoms with Gasteiger partial charge in [0.2, 0.25) is 0 Å². The highest BCUT2D eigenvalue weighted by molar-refractivity contribution is 5.94. The zero-order chi connectivity index (χ0) is 18.1. The Bertz CT molecular complexity index is 766. The molecule has 0 unspecified atom stereocenters. The van der Waals surface area contributed by atoms with Crippen LogP contribution in [0.25, 0.3) is 0 Å². The first-order chi connectivity index (χ1) is 12.6. The summed E-state index contributed by atoms with van der Waals surface area (Å²) in [5.74, 6) is 1.03. The summed E-state index contributed by atoms with van der Waals surface area (Å²) in [5.41, 5.74) is 0.601. The van der Waals surface area contributed by atoms with Crippen LogP contribution in [0.15, 0.2) is 28.7 Å². The Hall–Kier alpha value is -2.61. The van der Waals surface area contributed by atoms with Gasteiger partial charge in [-0.2, -0.15) is 0 Å². The summed E-state index contributed by atoms with van der Waals surface area (Å²) in [7, 11) is 1.43. The minimum atomic E-state index is -0.0541. The lowest BCUT2D eigenvalue weighted by Gasteiger charge is -2.49. The highest BCUT2D eigenvalue weighted by atomic mass is 16.7. The van der Waals surface area contributed by atoms with Gasteiger partial charge in [-0.25, -0.2) is 0 Å². The van der Waals surface area contributed by atoms with Crippen molar-refractivity contribution in [2.45, 2.75) is 31.8 Å². The number of carbonyl (C=O) groups is 1. The highest BCUT2D eigenvalue weighted by Gasteiger charge is 2.40. The monoisotopic (exact) mass is 358 g/mol. The van der Waals surface area contributed by atoms with Gasteiger partial charge in [0.15, 0.2) is 0 Å². The van der Waals surface area contributed by atoms with E-state index in [1.165, 1.54) is 7.11 Å². The molecule has 0 aliphatic carbocycles. The summed E-state index contributed by atoms with van der Waals surface area (Å²) in [5, 5.41) is 10.6. The number of rotatable bonds is 5. The van der Waals surface area contributed by atoms with Gasteiger partial charge in [0.05, 0.1) is 7.11 Å². The van der Waals surface area contributed by atoms with Crippen molar-refractivity contribution in [2.75, 3.05) is 20.2 Å². The summed E-state index contributed by atoms with van der Waals surface area (Å²) < 4.78 is 15.4. The molecule has 2 atom stereocenters. The number of methoxy groups -OCH3 is 1. The van der Waals surface area contributed by atoms with Crippen molar-refractivity contribution in [1.82, 2.24) is 20.4 Å². The van der Waals surface area contributed by atoms with Crippen LogP contribution in [-0.4, -0.2) is 53.3 Å². The zero-order valence-electron chi connectivity index (χ0n) is 14.8. The first-order valence-corrected chi connectivity index (χ1v) is 8.84. The fraction of sp³-hybridized carbons (Fsp3) is 0.500. The normalized spacial score (nSPS) is 27.2. The molecule has 1 N–H and O–H groups in total. The molecule has 0 spiro atoms. The van der Waals surface area contributed by atoms with Gasteiger partial charge in [-0.1, -0.05) is 10.2 Å². The van der Waals surface area contributed by atoms with Crippen LogP contribution in [0.4, 0.5) is 0 Å². The third-order valence-corrected chi connectivity index (χ3v) is 5.36. The fourth-order valence-electron chi connectivity index (χ4n) is 3.88. The number of nitrogens with zero attached hydrogens (tertiary/aromatic N) is 3. The molecule has 26 heavy (non-hydrogen) atoms. The minimum Gasteiger partial charge on any atom is -0.452 e. The molecular formula is C18H22N4O4. The first-order valence-electron chi connectivity index (χ1n) is 8.84. The van der Waals surface area contributed by atoms with Crippen LogP contribution >= 0.6 is 0 Å². The summed E-state index contributed by atoms with van der Waals surface area (Å²) in [6.45, 7) is 4.49. The predicted molar refractivity (Wildman–Crippen MR) is 92.4 cm³/mol. The molecule has 3 saturated heterocycles. The smallest absolute Gasteiger partial charge is 0.422 e. The lowest BCUT2D eigenvalue weighted by molar-refractivity contribution is 0.0217. The second kappa shape index (κ2) is 6.95. The molecule has 2 bridgehead atoms. The maximum absolute atomic E-state index is 12.6. The van der Waals surface area contributed by atoms with E-state index in [0.29, 0.717) is 23.3 Å². The molecule has 3 aliphatic heterocycles. The summed E-state index contributed by atoms with van der Waals surface area (Å²) >= 11 is 0. The average molecular weight is 358 g/mol. The van der Waals surface area contributed by atoms with Crippen molar-refractivity contribution < 1.29 is 18.7 Å². The maximum atomic E-state index is 12.6. The van der Waals surface area contributed by atoms with Crippen LogP contribution in [0.5, 0.6) is 17.9 Å². The van der Waals surface area contributed by atoms with E-state index in [-0.39, 0.29) is 24.1 Å². The molecule has 2 aromatic rings. The van der Waals surface area contributed by atoms with Gasteiger partial charge in [0, 0.05) is 17.6 Å². The first kappa shape index (κ1) is 16.8. The minimum absolute atomic E-state index is 0.0137. The molecule has 5 rings (SSSR count). The Morgan fingerprint density at radius 2 is 1.88 bits per heavy atom. The molecule has 3 fully saturated rings. The van der Waals surface area contributed by atoms with Crippen molar-refractivity contribution in [3.8, 4) is 17.9 Å². The molecule has 1 aromatic carbocycles. The topological polar surface area (TPSA) is 89.7 Å². The molecule has 4 heterocycles. The quantitative estimate of drug-likeness (QED) is 0.875. The Morgan fingerprint density at radius 3 is 2.50 bits per heavy atom. The second-order valence-corrected chi connectivity index (χ2v) is 6.78. The Kier molecular flexibility index (Phi) is 4.50. The van der Waals surface area contributed by atoms with Crippen LogP contribution < -0.4 is 14.8 Å². The van der Waals surface area contributed by atoms with E-state index in [0.717, 1.165) is 25.9 Å². The predicted octanol–water partition coefficient (Wildman–Crippen LogP) is 2.08. The van der Waals surface area contributed by atoms with Gasteiger partial charge in [-0.3, -0.25) is 9.69 Å². The number of hydrogen-bond acceptors (Lipinski definition) is 7. The zero-order valence-corrected chi connectivity index (χ0v) is 14.8. The van der Waals surface area contributed by atoms with E-state index >= 15 is 0 Å². The third-order valence-electron chi connectivity index (χ3n) is 5.36. The van der Waals surface area contributed by atoms with Gasteiger partial charge in [0.25, 0.3) is 5.91 Å². The van der Waals surface area contributed by atoms with E-state index in [1.54, 1.807) is 24.3 Å². The summed E-state index contributed by atoms with van der Waals surface area (Å²) in [6.07, 6.45) is 2.34. The van der Waals surface area contributed by atoms with Gasteiger partial charge in [0.1, 0.15) is 5.75 Å². The highest BCUT2D eigenvalue weighted by Crippen LogP contribution is 2.32. The van der Waals surface area contributed by atoms with Crippen LogP contribution in [0.1, 0.15) is 30.1 Å². The maximum Gasteiger partial charge on any atom is 0.422 e. The Labute approximate surface area is 151 Å². The van der Waals surface area contributed by atoms with Gasteiger partial charge >= 0.3 is 12.2 Å². The standard InChI is InChI=1S/C18H22N4O4/c1-11-15(12-7-9-22(11)10-8-12)19-16(23)13-3-5-14(6-4-13)25-18-21-20-17(24-2)26-18/h3-6,11-12,15H,7-10H2,1-2H3,(H,19,23)/t11-,15-/m0/s1. The van der Waals surface area contributed by atoms with Crippen LogP contribution in [0.3, 0.4) is 0 Å². The van der Waals surface area contributed by atoms with E-state index in [1.807, 2.05) is 0 Å². The lowest BCUT2D eigenvalue weighted by Crippen LogP contribution is -2.62. The molecule has 3 aliphatic rings. The molecule has 8 heteroatoms. The second-order valence-electron chi connectivity index (χ2n) is 6.78. The van der Waals surface area contributed by atoms with Crippen LogP contribution in [0.2, 0.25) is 0 Å². The molecule has 1 amide bonds. The number of hydrogen-bond donors (Lipinski definition) is 1. The largest absolute Gasteiger partial charge is 0.452 e. The SMILES string of the molecule is COc1nnc(Oc2ccc(C(=O)N[C@@H]3C4CCN(CC4)[C@H]3C)cc2)o1. The van der Waals surface area contributed by atoms with Gasteiger partial charge in [-0.15, -0.1) is 0 Å². The van der Waals surface area contributed by atoms with Crippen molar-refractivity contribution in [2.24, 2.45) is 5.92 Å². The van der Waals surface area contributed by atoms with E-state index in [9.17, 15) is 4.79 Å².